The molecule has 9 nitrogen and oxygen atoms in total. The van der Waals surface area contributed by atoms with Crippen molar-refractivity contribution >= 4 is 29.2 Å². The van der Waals surface area contributed by atoms with Gasteiger partial charge in [0.25, 0.3) is 5.91 Å². The number of esters is 1. The van der Waals surface area contributed by atoms with Crippen molar-refractivity contribution in [1.82, 2.24) is 5.12 Å². The number of imide groups is 1. The van der Waals surface area contributed by atoms with Crippen LogP contribution in [0.3, 0.4) is 0 Å². The highest BCUT2D eigenvalue weighted by molar-refractivity contribution is 6.46. The first-order valence-corrected chi connectivity index (χ1v) is 6.73. The Morgan fingerprint density at radius 1 is 1.30 bits per heavy atom. The van der Waals surface area contributed by atoms with E-state index in [1.54, 1.807) is 18.2 Å². The molecule has 0 radical (unpaired) electrons. The molecule has 3 rings (SSSR count). The van der Waals surface area contributed by atoms with E-state index >= 15 is 0 Å². The van der Waals surface area contributed by atoms with E-state index in [-0.39, 0.29) is 5.71 Å². The number of nitroso groups, excluding NO2 is 1. The third-order valence-corrected chi connectivity index (χ3v) is 3.77. The van der Waals surface area contributed by atoms with Crippen LogP contribution >= 0.6 is 0 Å². The number of ether oxygens (including phenoxy) is 1. The van der Waals surface area contributed by atoms with Crippen molar-refractivity contribution in [3.8, 4) is 0 Å². The van der Waals surface area contributed by atoms with Crippen LogP contribution in [-0.2, 0) is 19.1 Å². The first-order chi connectivity index (χ1) is 11.0. The lowest BCUT2D eigenvalue weighted by Crippen LogP contribution is -2.36. The molecule has 2 aliphatic rings. The Balaban J connectivity index is 2.05. The molecule has 0 aliphatic carbocycles. The van der Waals surface area contributed by atoms with Crippen LogP contribution in [0.5, 0.6) is 0 Å². The molecule has 1 aromatic rings. The number of anilines is 1. The summed E-state index contributed by atoms with van der Waals surface area (Å²) in [4.78, 5) is 48.8. The van der Waals surface area contributed by atoms with Crippen molar-refractivity contribution in [2.24, 2.45) is 16.3 Å². The molecule has 2 atom stereocenters. The molecule has 2 heterocycles. The third-order valence-electron chi connectivity index (χ3n) is 3.77. The van der Waals surface area contributed by atoms with E-state index in [2.05, 4.69) is 15.1 Å². The van der Waals surface area contributed by atoms with Crippen molar-refractivity contribution in [1.29, 1.82) is 0 Å². The van der Waals surface area contributed by atoms with Gasteiger partial charge in [0.15, 0.2) is 11.8 Å². The van der Waals surface area contributed by atoms with Gasteiger partial charge in [0.1, 0.15) is 5.92 Å². The number of fused-ring (bicyclic) bond motifs is 1. The SMILES string of the molecule is COC(=O)C1=NN(N=O)C2C(=O)N(c3cccc(C)c3)C(=O)C12. The van der Waals surface area contributed by atoms with E-state index < -0.39 is 29.7 Å². The van der Waals surface area contributed by atoms with E-state index in [1.165, 1.54) is 0 Å². The maximum atomic E-state index is 12.6. The zero-order chi connectivity index (χ0) is 16.7. The fourth-order valence-electron chi connectivity index (χ4n) is 2.75. The number of amides is 2. The number of carbonyl (C=O) groups excluding carboxylic acids is 3. The molecule has 2 amide bonds. The minimum atomic E-state index is -1.25. The van der Waals surface area contributed by atoms with Gasteiger partial charge in [0.05, 0.1) is 18.1 Å². The van der Waals surface area contributed by atoms with Gasteiger partial charge in [0.2, 0.25) is 5.91 Å². The number of methoxy groups -OCH3 is 1. The van der Waals surface area contributed by atoms with Crippen LogP contribution in [0.25, 0.3) is 0 Å². The lowest BCUT2D eigenvalue weighted by molar-refractivity contribution is -0.133. The summed E-state index contributed by atoms with van der Waals surface area (Å²) < 4.78 is 4.56. The fourth-order valence-corrected chi connectivity index (χ4v) is 2.75. The molecule has 118 valence electrons. The average Bonchev–Trinajstić information content (AvgIpc) is 3.04. The van der Waals surface area contributed by atoms with E-state index in [0.717, 1.165) is 17.6 Å². The van der Waals surface area contributed by atoms with Crippen molar-refractivity contribution in [3.63, 3.8) is 0 Å². The number of benzene rings is 1. The molecule has 0 saturated carbocycles. The predicted octanol–water partition coefficient (Wildman–Crippen LogP) is 0.379. The highest BCUT2D eigenvalue weighted by Gasteiger charge is 2.59. The Bertz CT molecular complexity index is 759. The number of rotatable bonds is 3. The number of hydrazone groups is 1. The maximum absolute atomic E-state index is 12.6. The van der Waals surface area contributed by atoms with E-state index in [9.17, 15) is 19.3 Å². The number of hydrogen-bond donors (Lipinski definition) is 0. The van der Waals surface area contributed by atoms with Crippen molar-refractivity contribution in [2.75, 3.05) is 12.0 Å². The molecule has 0 N–H and O–H groups in total. The largest absolute Gasteiger partial charge is 0.464 e. The smallest absolute Gasteiger partial charge is 0.355 e. The van der Waals surface area contributed by atoms with E-state index in [4.69, 9.17) is 0 Å². The Morgan fingerprint density at radius 2 is 2.04 bits per heavy atom. The van der Waals surface area contributed by atoms with Gasteiger partial charge in [-0.25, -0.2) is 9.69 Å². The van der Waals surface area contributed by atoms with Crippen LogP contribution in [0.4, 0.5) is 5.69 Å². The molecule has 0 aromatic heterocycles. The van der Waals surface area contributed by atoms with Gasteiger partial charge in [0, 0.05) is 0 Å². The van der Waals surface area contributed by atoms with Gasteiger partial charge in [-0.05, 0) is 24.6 Å². The minimum Gasteiger partial charge on any atom is -0.464 e. The highest BCUT2D eigenvalue weighted by Crippen LogP contribution is 2.35. The molecule has 2 unspecified atom stereocenters. The van der Waals surface area contributed by atoms with Crippen molar-refractivity contribution in [2.45, 2.75) is 13.0 Å². The second-order valence-electron chi connectivity index (χ2n) is 5.15. The second-order valence-corrected chi connectivity index (χ2v) is 5.15. The zero-order valence-electron chi connectivity index (χ0n) is 12.3. The summed E-state index contributed by atoms with van der Waals surface area (Å²) in [6, 6.07) is 5.51. The summed E-state index contributed by atoms with van der Waals surface area (Å²) >= 11 is 0. The normalized spacial score (nSPS) is 23.0. The van der Waals surface area contributed by atoms with Crippen molar-refractivity contribution < 1.29 is 19.1 Å². The summed E-state index contributed by atoms with van der Waals surface area (Å²) in [6.07, 6.45) is 0. The van der Waals surface area contributed by atoms with E-state index in [0.29, 0.717) is 10.8 Å². The van der Waals surface area contributed by atoms with Gasteiger partial charge < -0.3 is 4.74 Å². The molecule has 23 heavy (non-hydrogen) atoms. The van der Waals surface area contributed by atoms with Crippen LogP contribution in [0.2, 0.25) is 0 Å². The fraction of sp³-hybridized carbons (Fsp3) is 0.286. The molecule has 1 aromatic carbocycles. The predicted molar refractivity (Wildman–Crippen MR) is 78.0 cm³/mol. The molecule has 2 aliphatic heterocycles. The molecular weight excluding hydrogens is 304 g/mol. The van der Waals surface area contributed by atoms with Gasteiger partial charge in [-0.2, -0.15) is 0 Å². The van der Waals surface area contributed by atoms with Gasteiger partial charge in [-0.3, -0.25) is 9.59 Å². The minimum absolute atomic E-state index is 0.300. The third kappa shape index (κ3) is 2.08. The first-order valence-electron chi connectivity index (χ1n) is 6.73. The maximum Gasteiger partial charge on any atom is 0.355 e. The average molecular weight is 316 g/mol. The number of nitrogens with zero attached hydrogens (tertiary/aromatic N) is 4. The Kier molecular flexibility index (Phi) is 3.40. The number of hydrogen-bond acceptors (Lipinski definition) is 7. The van der Waals surface area contributed by atoms with Crippen LogP contribution in [0.15, 0.2) is 34.7 Å². The van der Waals surface area contributed by atoms with Crippen LogP contribution < -0.4 is 4.90 Å². The summed E-state index contributed by atoms with van der Waals surface area (Å²) in [5.74, 6) is -3.37. The quantitative estimate of drug-likeness (QED) is 0.453. The van der Waals surface area contributed by atoms with Gasteiger partial charge >= 0.3 is 5.97 Å². The zero-order valence-corrected chi connectivity index (χ0v) is 12.3. The van der Waals surface area contributed by atoms with Gasteiger partial charge in [-0.15, -0.1) is 15.1 Å². The van der Waals surface area contributed by atoms with Crippen LogP contribution in [-0.4, -0.2) is 41.8 Å². The molecule has 0 bridgehead atoms. The van der Waals surface area contributed by atoms with E-state index in [1.807, 2.05) is 13.0 Å². The Labute approximate surface area is 130 Å². The molecule has 9 heteroatoms. The lowest BCUT2D eigenvalue weighted by Gasteiger charge is -2.17. The molecular formula is C14H12N4O5. The van der Waals surface area contributed by atoms with Crippen molar-refractivity contribution in [3.05, 3.63) is 34.7 Å². The monoisotopic (exact) mass is 316 g/mol. The highest BCUT2D eigenvalue weighted by atomic mass is 16.5. The standard InChI is InChI=1S/C14H12N4O5/c1-7-4-3-5-8(6-7)17-12(19)9-10(14(21)23-2)15-18(16-22)11(9)13(17)20/h3-6,9,11H,1-2H3. The Hall–Kier alpha value is -3.10. The Morgan fingerprint density at radius 3 is 2.65 bits per heavy atom. The first kappa shape index (κ1) is 14.8. The summed E-state index contributed by atoms with van der Waals surface area (Å²) in [5, 5.41) is 6.80. The topological polar surface area (TPSA) is 109 Å². The second kappa shape index (κ2) is 5.27. The van der Waals surface area contributed by atoms with Crippen LogP contribution in [0.1, 0.15) is 5.56 Å². The molecule has 0 spiro atoms. The molecule has 1 fully saturated rings. The number of carbonyl (C=O) groups is 3. The van der Waals surface area contributed by atoms with Gasteiger partial charge in [-0.1, -0.05) is 12.1 Å². The summed E-state index contributed by atoms with van der Waals surface area (Å²) in [6.45, 7) is 1.82. The summed E-state index contributed by atoms with van der Waals surface area (Å²) in [7, 11) is 1.12. The molecule has 1 saturated heterocycles. The summed E-state index contributed by atoms with van der Waals surface area (Å²) in [5.41, 5.74) is 0.919. The lowest BCUT2D eigenvalue weighted by atomic mass is 9.98. The number of aryl methyl sites for hydroxylation is 1. The van der Waals surface area contributed by atoms with Crippen LogP contribution in [0, 0.1) is 17.7 Å².